The van der Waals surface area contributed by atoms with E-state index >= 15 is 0 Å². The number of ether oxygens (including phenoxy) is 2. The number of rotatable bonds is 8. The van der Waals surface area contributed by atoms with Crippen molar-refractivity contribution in [2.45, 2.75) is 6.61 Å². The van der Waals surface area contributed by atoms with E-state index in [1.165, 1.54) is 41.8 Å². The topological polar surface area (TPSA) is 136 Å². The average molecular weight is 497 g/mol. The number of nitrogen functional groups attached to an aromatic ring is 1. The van der Waals surface area contributed by atoms with Crippen molar-refractivity contribution < 1.29 is 28.6 Å². The number of nitrogens with zero attached hydrogens (tertiary/aromatic N) is 1. The van der Waals surface area contributed by atoms with Crippen LogP contribution < -0.4 is 25.8 Å². The molecule has 0 radical (unpaired) electrons. The standard InChI is InChI=1S/C24H21FN4O5S/c25-16-4-6-17(7-5-16)29-23(31)14-2-1-3-18(10-14)33-12-15-13-35-21-19(11-28-22(26)20(15)21)34-24(32)27-8-9-30/h1-7,10-11,13,30H,8-9,12H2,(H2,26,28)(H,27,32)(H,29,31). The molecule has 0 saturated carbocycles. The Labute approximate surface area is 203 Å². The third kappa shape index (κ3) is 5.83. The van der Waals surface area contributed by atoms with E-state index in [2.05, 4.69) is 15.6 Å². The number of nitrogens with one attached hydrogen (secondary N) is 2. The Hall–Kier alpha value is -4.22. The summed E-state index contributed by atoms with van der Waals surface area (Å²) in [4.78, 5) is 28.5. The lowest BCUT2D eigenvalue weighted by Crippen LogP contribution is -2.29. The van der Waals surface area contributed by atoms with Crippen LogP contribution in [0.15, 0.2) is 60.1 Å². The molecule has 4 aromatic rings. The molecule has 0 saturated heterocycles. The molecule has 5 N–H and O–H groups in total. The molecule has 0 bridgehead atoms. The minimum absolute atomic E-state index is 0.0644. The summed E-state index contributed by atoms with van der Waals surface area (Å²) < 4.78 is 24.9. The fourth-order valence-corrected chi connectivity index (χ4v) is 4.21. The summed E-state index contributed by atoms with van der Waals surface area (Å²) in [5, 5.41) is 16.4. The quantitative estimate of drug-likeness (QED) is 0.290. The van der Waals surface area contributed by atoms with Crippen LogP contribution in [0.25, 0.3) is 10.1 Å². The van der Waals surface area contributed by atoms with Crippen LogP contribution in [0.2, 0.25) is 0 Å². The first-order valence-electron chi connectivity index (χ1n) is 10.5. The van der Waals surface area contributed by atoms with Gasteiger partial charge in [-0.3, -0.25) is 4.79 Å². The van der Waals surface area contributed by atoms with E-state index in [0.29, 0.717) is 27.1 Å². The van der Waals surface area contributed by atoms with Crippen LogP contribution in [0.4, 0.5) is 20.7 Å². The molecule has 180 valence electrons. The Balaban J connectivity index is 1.46. The molecule has 0 fully saturated rings. The number of benzene rings is 2. The Morgan fingerprint density at radius 1 is 1.17 bits per heavy atom. The molecule has 2 amide bonds. The van der Waals surface area contributed by atoms with Crippen LogP contribution >= 0.6 is 11.3 Å². The Kier molecular flexibility index (Phi) is 7.38. The molecule has 2 heterocycles. The van der Waals surface area contributed by atoms with Gasteiger partial charge in [0.25, 0.3) is 5.91 Å². The molecule has 9 nitrogen and oxygen atoms in total. The molecule has 4 rings (SSSR count). The number of anilines is 2. The molecule has 0 aliphatic heterocycles. The van der Waals surface area contributed by atoms with Crippen molar-refractivity contribution in [1.82, 2.24) is 10.3 Å². The first-order chi connectivity index (χ1) is 16.9. The van der Waals surface area contributed by atoms with E-state index in [4.69, 9.17) is 20.3 Å². The molecule has 35 heavy (non-hydrogen) atoms. The molecule has 0 atom stereocenters. The highest BCUT2D eigenvalue weighted by Gasteiger charge is 2.16. The third-order valence-electron chi connectivity index (χ3n) is 4.84. The summed E-state index contributed by atoms with van der Waals surface area (Å²) in [6, 6.07) is 12.1. The van der Waals surface area contributed by atoms with Crippen molar-refractivity contribution >= 4 is 44.9 Å². The lowest BCUT2D eigenvalue weighted by molar-refractivity contribution is 0.102. The minimum Gasteiger partial charge on any atom is -0.489 e. The van der Waals surface area contributed by atoms with Crippen LogP contribution in [0, 0.1) is 5.82 Å². The van der Waals surface area contributed by atoms with Crippen LogP contribution in [-0.4, -0.2) is 35.2 Å². The van der Waals surface area contributed by atoms with E-state index in [1.807, 2.05) is 5.38 Å². The fourth-order valence-electron chi connectivity index (χ4n) is 3.20. The van der Waals surface area contributed by atoms with Gasteiger partial charge >= 0.3 is 6.09 Å². The lowest BCUT2D eigenvalue weighted by Gasteiger charge is -2.10. The number of halogens is 1. The molecule has 11 heteroatoms. The summed E-state index contributed by atoms with van der Waals surface area (Å²) in [6.07, 6.45) is 0.648. The first kappa shape index (κ1) is 23.9. The van der Waals surface area contributed by atoms with Gasteiger partial charge in [-0.05, 0) is 47.8 Å². The number of nitrogens with two attached hydrogens (primary N) is 1. The van der Waals surface area contributed by atoms with E-state index in [-0.39, 0.29) is 43.1 Å². The zero-order valence-electron chi connectivity index (χ0n) is 18.3. The number of carbonyl (C=O) groups excluding carboxylic acids is 2. The molecule has 2 aromatic carbocycles. The summed E-state index contributed by atoms with van der Waals surface area (Å²) in [5.74, 6) is 0.200. The summed E-state index contributed by atoms with van der Waals surface area (Å²) in [5.41, 5.74) is 7.64. The van der Waals surface area contributed by atoms with Crippen LogP contribution in [0.5, 0.6) is 11.5 Å². The maximum atomic E-state index is 13.1. The number of thiophene rings is 1. The third-order valence-corrected chi connectivity index (χ3v) is 5.89. The second-order valence-corrected chi connectivity index (χ2v) is 8.17. The predicted octanol–water partition coefficient (Wildman–Crippen LogP) is 3.93. The number of aromatic nitrogens is 1. The van der Waals surface area contributed by atoms with Crippen molar-refractivity contribution in [3.63, 3.8) is 0 Å². The molecular weight excluding hydrogens is 475 g/mol. The van der Waals surface area contributed by atoms with Gasteiger partial charge in [0.2, 0.25) is 0 Å². The van der Waals surface area contributed by atoms with E-state index in [9.17, 15) is 14.0 Å². The number of carbonyl (C=O) groups is 2. The second kappa shape index (κ2) is 10.8. The van der Waals surface area contributed by atoms with Gasteiger partial charge in [-0.2, -0.15) is 0 Å². The van der Waals surface area contributed by atoms with Crippen molar-refractivity contribution in [3.8, 4) is 11.5 Å². The zero-order chi connectivity index (χ0) is 24.8. The number of hydrogen-bond acceptors (Lipinski definition) is 8. The highest BCUT2D eigenvalue weighted by Crippen LogP contribution is 2.37. The Morgan fingerprint density at radius 2 is 1.97 bits per heavy atom. The predicted molar refractivity (Wildman–Crippen MR) is 130 cm³/mol. The summed E-state index contributed by atoms with van der Waals surface area (Å²) >= 11 is 1.32. The van der Waals surface area contributed by atoms with Crippen molar-refractivity contribution in [3.05, 3.63) is 77.1 Å². The highest BCUT2D eigenvalue weighted by atomic mass is 32.1. The van der Waals surface area contributed by atoms with Crippen LogP contribution in [0.3, 0.4) is 0 Å². The van der Waals surface area contributed by atoms with E-state index in [1.54, 1.807) is 24.3 Å². The number of aliphatic hydroxyl groups excluding tert-OH is 1. The monoisotopic (exact) mass is 496 g/mol. The first-order valence-corrected chi connectivity index (χ1v) is 11.3. The number of amides is 2. The van der Waals surface area contributed by atoms with Gasteiger partial charge < -0.3 is 30.9 Å². The molecular formula is C24H21FN4O5S. The maximum Gasteiger partial charge on any atom is 0.412 e. The summed E-state index contributed by atoms with van der Waals surface area (Å²) in [6.45, 7) is -0.00987. The number of pyridine rings is 1. The van der Waals surface area contributed by atoms with Gasteiger partial charge in [-0.15, -0.1) is 11.3 Å². The minimum atomic E-state index is -0.714. The molecule has 0 spiro atoms. The highest BCUT2D eigenvalue weighted by molar-refractivity contribution is 7.17. The van der Waals surface area contributed by atoms with E-state index in [0.717, 1.165) is 5.56 Å². The normalized spacial score (nSPS) is 10.7. The smallest absolute Gasteiger partial charge is 0.412 e. The van der Waals surface area contributed by atoms with Gasteiger partial charge in [0.1, 0.15) is 24.0 Å². The number of aliphatic hydroxyl groups is 1. The number of fused-ring (bicyclic) bond motifs is 1. The van der Waals surface area contributed by atoms with E-state index < -0.39 is 6.09 Å². The second-order valence-electron chi connectivity index (χ2n) is 7.29. The van der Waals surface area contributed by atoms with Crippen molar-refractivity contribution in [2.75, 3.05) is 24.2 Å². The molecule has 2 aromatic heterocycles. The van der Waals surface area contributed by atoms with Crippen molar-refractivity contribution in [1.29, 1.82) is 0 Å². The number of hydrogen-bond donors (Lipinski definition) is 4. The van der Waals surface area contributed by atoms with Gasteiger partial charge in [0.05, 0.1) is 17.5 Å². The average Bonchev–Trinajstić information content (AvgIpc) is 3.30. The molecule has 0 aliphatic carbocycles. The van der Waals surface area contributed by atoms with Crippen LogP contribution in [0.1, 0.15) is 15.9 Å². The van der Waals surface area contributed by atoms with Gasteiger partial charge in [0, 0.05) is 28.7 Å². The fraction of sp³-hybridized carbons (Fsp3) is 0.125. The molecule has 0 aliphatic rings. The van der Waals surface area contributed by atoms with Gasteiger partial charge in [-0.25, -0.2) is 14.2 Å². The Bertz CT molecular complexity index is 1360. The van der Waals surface area contributed by atoms with Crippen molar-refractivity contribution in [2.24, 2.45) is 0 Å². The largest absolute Gasteiger partial charge is 0.489 e. The van der Waals surface area contributed by atoms with Gasteiger partial charge in [-0.1, -0.05) is 6.07 Å². The van der Waals surface area contributed by atoms with Gasteiger partial charge in [0.15, 0.2) is 5.75 Å². The zero-order valence-corrected chi connectivity index (χ0v) is 19.1. The summed E-state index contributed by atoms with van der Waals surface area (Å²) in [7, 11) is 0. The lowest BCUT2D eigenvalue weighted by atomic mass is 10.2. The Morgan fingerprint density at radius 3 is 2.74 bits per heavy atom. The maximum absolute atomic E-state index is 13.1. The van der Waals surface area contributed by atoms with Crippen LogP contribution in [-0.2, 0) is 6.61 Å². The molecule has 0 unspecified atom stereocenters. The SMILES string of the molecule is Nc1ncc(OC(=O)NCCO)c2scc(COc3cccc(C(=O)Nc4ccc(F)cc4)c3)c12.